The van der Waals surface area contributed by atoms with E-state index in [9.17, 15) is 5.11 Å². The van der Waals surface area contributed by atoms with Gasteiger partial charge in [-0.25, -0.2) is 0 Å². The van der Waals surface area contributed by atoms with Crippen molar-refractivity contribution in [2.45, 2.75) is 32.6 Å². The molecule has 5 heteroatoms. The predicted octanol–water partition coefficient (Wildman–Crippen LogP) is 2.72. The first-order valence-corrected chi connectivity index (χ1v) is 7.34. The van der Waals surface area contributed by atoms with E-state index in [1.54, 1.807) is 18.9 Å². The number of hydrogen-bond donors (Lipinski definition) is 1. The van der Waals surface area contributed by atoms with Gasteiger partial charge in [0.25, 0.3) is 0 Å². The molecule has 1 N–H and O–H groups in total. The number of nitrogens with zero attached hydrogens (tertiary/aromatic N) is 2. The zero-order chi connectivity index (χ0) is 16.3. The van der Waals surface area contributed by atoms with Crippen molar-refractivity contribution < 1.29 is 14.6 Å². The van der Waals surface area contributed by atoms with Gasteiger partial charge in [-0.3, -0.25) is 0 Å². The number of benzene rings is 1. The topological polar surface area (TPSA) is 56.5 Å². The van der Waals surface area contributed by atoms with Crippen LogP contribution in [0, 0.1) is 0 Å². The average Bonchev–Trinajstić information content (AvgIpc) is 2.86. The third kappa shape index (κ3) is 2.95. The van der Waals surface area contributed by atoms with Gasteiger partial charge in [0.05, 0.1) is 19.9 Å². The molecule has 0 atom stereocenters. The molecule has 0 fully saturated rings. The van der Waals surface area contributed by atoms with Crippen molar-refractivity contribution >= 4 is 0 Å². The molecule has 0 saturated carbocycles. The highest BCUT2D eigenvalue weighted by Gasteiger charge is 2.28. The lowest BCUT2D eigenvalue weighted by Gasteiger charge is -2.17. The van der Waals surface area contributed by atoms with E-state index in [0.717, 1.165) is 22.7 Å². The molecule has 0 aliphatic carbocycles. The lowest BCUT2D eigenvalue weighted by atomic mass is 9.88. The van der Waals surface area contributed by atoms with Crippen LogP contribution >= 0.6 is 0 Å². The van der Waals surface area contributed by atoms with Gasteiger partial charge in [-0.05, 0) is 12.1 Å². The fourth-order valence-electron chi connectivity index (χ4n) is 2.55. The lowest BCUT2D eigenvalue weighted by Crippen LogP contribution is -2.15. The lowest BCUT2D eigenvalue weighted by molar-refractivity contribution is 0.295. The van der Waals surface area contributed by atoms with Crippen molar-refractivity contribution in [3.05, 3.63) is 35.5 Å². The third-order valence-corrected chi connectivity index (χ3v) is 3.52. The minimum atomic E-state index is -0.148. The predicted molar refractivity (Wildman–Crippen MR) is 86.2 cm³/mol. The summed E-state index contributed by atoms with van der Waals surface area (Å²) in [6.07, 6.45) is 0.505. The van der Waals surface area contributed by atoms with Gasteiger partial charge in [-0.1, -0.05) is 32.9 Å². The van der Waals surface area contributed by atoms with Crippen LogP contribution in [0.3, 0.4) is 0 Å². The van der Waals surface area contributed by atoms with Gasteiger partial charge < -0.3 is 14.6 Å². The van der Waals surface area contributed by atoms with Crippen LogP contribution in [0.5, 0.6) is 11.6 Å². The number of methoxy groups -OCH3 is 2. The minimum Gasteiger partial charge on any atom is -0.494 e. The van der Waals surface area contributed by atoms with Crippen molar-refractivity contribution in [3.63, 3.8) is 0 Å². The number of hydrogen-bond acceptors (Lipinski definition) is 4. The van der Waals surface area contributed by atoms with Crippen LogP contribution in [0.4, 0.5) is 0 Å². The largest absolute Gasteiger partial charge is 0.494 e. The fourth-order valence-corrected chi connectivity index (χ4v) is 2.55. The van der Waals surface area contributed by atoms with Gasteiger partial charge in [-0.15, -0.1) is 0 Å². The summed E-state index contributed by atoms with van der Waals surface area (Å²) in [6, 6.07) is 7.67. The molecular weight excluding hydrogens is 280 g/mol. The molecule has 0 radical (unpaired) electrons. The first-order chi connectivity index (χ1) is 10.4. The Morgan fingerprint density at radius 1 is 1.14 bits per heavy atom. The molecule has 0 bridgehead atoms. The summed E-state index contributed by atoms with van der Waals surface area (Å²) in [4.78, 5) is 0. The first-order valence-electron chi connectivity index (χ1n) is 7.34. The maximum absolute atomic E-state index is 9.39. The molecule has 1 heterocycles. The van der Waals surface area contributed by atoms with E-state index >= 15 is 0 Å². The van der Waals surface area contributed by atoms with Crippen molar-refractivity contribution in [3.8, 4) is 17.3 Å². The summed E-state index contributed by atoms with van der Waals surface area (Å²) in [5.74, 6) is 1.36. The van der Waals surface area contributed by atoms with E-state index < -0.39 is 0 Å². The maximum Gasteiger partial charge on any atom is 0.220 e. The monoisotopic (exact) mass is 304 g/mol. The number of para-hydroxylation sites is 2. The number of ether oxygens (including phenoxy) is 2. The van der Waals surface area contributed by atoms with Crippen molar-refractivity contribution in [1.82, 2.24) is 9.78 Å². The Hall–Kier alpha value is -2.01. The Kier molecular flexibility index (Phi) is 4.76. The number of aromatic nitrogens is 2. The molecule has 1 aromatic carbocycles. The fraction of sp³-hybridized carbons (Fsp3) is 0.471. The van der Waals surface area contributed by atoms with Gasteiger partial charge in [-0.2, -0.15) is 9.78 Å². The first kappa shape index (κ1) is 16.4. The van der Waals surface area contributed by atoms with Crippen molar-refractivity contribution in [1.29, 1.82) is 0 Å². The van der Waals surface area contributed by atoms with Gasteiger partial charge in [0, 0.05) is 24.0 Å². The summed E-state index contributed by atoms with van der Waals surface area (Å²) in [5.41, 5.74) is 2.52. The summed E-state index contributed by atoms with van der Waals surface area (Å²) in [5, 5.41) is 14.1. The highest BCUT2D eigenvalue weighted by molar-refractivity contribution is 5.51. The summed E-state index contributed by atoms with van der Waals surface area (Å²) in [7, 11) is 3.25. The number of aliphatic hydroxyl groups excluding tert-OH is 1. The number of aliphatic hydroxyl groups is 1. The van der Waals surface area contributed by atoms with Gasteiger partial charge in [0.1, 0.15) is 11.4 Å². The zero-order valence-electron chi connectivity index (χ0n) is 13.9. The second-order valence-electron chi connectivity index (χ2n) is 6.14. The van der Waals surface area contributed by atoms with Crippen LogP contribution in [-0.4, -0.2) is 35.7 Å². The standard InChI is InChI=1S/C17H24N2O3/c1-17(2,3)15-12(10-11-20)16(22-5)19(18-15)13-8-6-7-9-14(13)21-4/h6-9,20H,10-11H2,1-5H3. The average molecular weight is 304 g/mol. The van der Waals surface area contributed by atoms with Crippen LogP contribution in [0.15, 0.2) is 24.3 Å². The Balaban J connectivity index is 2.71. The Bertz CT molecular complexity index is 642. The molecule has 1 aromatic heterocycles. The summed E-state index contributed by atoms with van der Waals surface area (Å²) >= 11 is 0. The SMILES string of the molecule is COc1ccccc1-n1nc(C(C)(C)C)c(CCO)c1OC. The van der Waals surface area contributed by atoms with Crippen molar-refractivity contribution in [2.24, 2.45) is 0 Å². The smallest absolute Gasteiger partial charge is 0.220 e. The number of rotatable bonds is 5. The quantitative estimate of drug-likeness (QED) is 0.923. The van der Waals surface area contributed by atoms with E-state index in [2.05, 4.69) is 20.8 Å². The molecule has 0 aliphatic heterocycles. The van der Waals surface area contributed by atoms with E-state index in [0.29, 0.717) is 12.3 Å². The molecule has 120 valence electrons. The maximum atomic E-state index is 9.39. The zero-order valence-corrected chi connectivity index (χ0v) is 13.9. The van der Waals surface area contributed by atoms with Crippen molar-refractivity contribution in [2.75, 3.05) is 20.8 Å². The Labute approximate surface area is 131 Å². The van der Waals surface area contributed by atoms with Crippen LogP contribution in [0.1, 0.15) is 32.0 Å². The minimum absolute atomic E-state index is 0.0526. The van der Waals surface area contributed by atoms with Crippen LogP contribution < -0.4 is 9.47 Å². The van der Waals surface area contributed by atoms with Gasteiger partial charge >= 0.3 is 0 Å². The van der Waals surface area contributed by atoms with Gasteiger partial charge in [0.2, 0.25) is 5.88 Å². The summed E-state index contributed by atoms with van der Waals surface area (Å²) in [6.45, 7) is 6.35. The van der Waals surface area contributed by atoms with E-state index in [4.69, 9.17) is 14.6 Å². The van der Waals surface area contributed by atoms with E-state index in [1.807, 2.05) is 24.3 Å². The highest BCUT2D eigenvalue weighted by Crippen LogP contribution is 2.35. The van der Waals surface area contributed by atoms with Crippen LogP contribution in [0.2, 0.25) is 0 Å². The normalized spacial score (nSPS) is 11.5. The van der Waals surface area contributed by atoms with E-state index in [1.165, 1.54) is 0 Å². The molecule has 2 aromatic rings. The highest BCUT2D eigenvalue weighted by atomic mass is 16.5. The second-order valence-corrected chi connectivity index (χ2v) is 6.14. The van der Waals surface area contributed by atoms with Crippen LogP contribution in [-0.2, 0) is 11.8 Å². The summed E-state index contributed by atoms with van der Waals surface area (Å²) < 4.78 is 12.8. The molecule has 0 amide bonds. The molecule has 0 aliphatic rings. The van der Waals surface area contributed by atoms with Gasteiger partial charge in [0.15, 0.2) is 0 Å². The molecule has 5 nitrogen and oxygen atoms in total. The molecule has 0 unspecified atom stereocenters. The second kappa shape index (κ2) is 6.40. The Morgan fingerprint density at radius 2 is 1.82 bits per heavy atom. The van der Waals surface area contributed by atoms with E-state index in [-0.39, 0.29) is 12.0 Å². The molecule has 0 saturated heterocycles. The van der Waals surface area contributed by atoms with Crippen LogP contribution in [0.25, 0.3) is 5.69 Å². The molecule has 22 heavy (non-hydrogen) atoms. The third-order valence-electron chi connectivity index (χ3n) is 3.52. The Morgan fingerprint density at radius 3 is 2.36 bits per heavy atom. The molecule has 2 rings (SSSR count). The molecule has 0 spiro atoms. The molecular formula is C17H24N2O3.